The monoisotopic (exact) mass is 527 g/mol. The highest BCUT2D eigenvalue weighted by Gasteiger charge is 2.36. The van der Waals surface area contributed by atoms with Gasteiger partial charge in [0.15, 0.2) is 0 Å². The number of fused-ring (bicyclic) bond motifs is 1. The van der Waals surface area contributed by atoms with Crippen molar-refractivity contribution in [3.63, 3.8) is 0 Å². The van der Waals surface area contributed by atoms with Gasteiger partial charge in [-0.1, -0.05) is 76.2 Å². The molecule has 1 atom stereocenters. The third-order valence-corrected chi connectivity index (χ3v) is 7.78. The number of esters is 1. The molecule has 2 aromatic carbocycles. The Morgan fingerprint density at radius 3 is 2.05 bits per heavy atom. The van der Waals surface area contributed by atoms with Gasteiger partial charge in [0.2, 0.25) is 0 Å². The second kappa shape index (κ2) is 10.8. The number of carbonyl (C=O) groups excluding carboxylic acids is 1. The number of thiazole rings is 1. The molecule has 0 saturated carbocycles. The van der Waals surface area contributed by atoms with Gasteiger partial charge in [0.25, 0.3) is 5.56 Å². The summed E-state index contributed by atoms with van der Waals surface area (Å²) in [7, 11) is 0. The lowest BCUT2D eigenvalue weighted by molar-refractivity contribution is -0.140. The van der Waals surface area contributed by atoms with Gasteiger partial charge in [-0.3, -0.25) is 9.36 Å². The predicted octanol–water partition coefficient (Wildman–Crippen LogP) is 4.54. The Morgan fingerprint density at radius 1 is 1.00 bits per heavy atom. The quantitative estimate of drug-likeness (QED) is 0.475. The van der Waals surface area contributed by atoms with Crippen LogP contribution in [0.4, 0.5) is 0 Å². The second-order valence-electron chi connectivity index (χ2n) is 10.4. The normalized spacial score (nSPS) is 15.8. The van der Waals surface area contributed by atoms with Gasteiger partial charge < -0.3 is 10.5 Å². The summed E-state index contributed by atoms with van der Waals surface area (Å²) in [4.78, 5) is 27.1. The van der Waals surface area contributed by atoms with Crippen molar-refractivity contribution < 1.29 is 9.53 Å². The average molecular weight is 528 g/mol. The van der Waals surface area contributed by atoms with E-state index in [2.05, 4.69) is 33.8 Å². The van der Waals surface area contributed by atoms with Gasteiger partial charge in [0.1, 0.15) is 10.5 Å². The lowest BCUT2D eigenvalue weighted by Crippen LogP contribution is -2.40. The molecule has 1 aliphatic rings. The van der Waals surface area contributed by atoms with Crippen molar-refractivity contribution in [2.75, 3.05) is 0 Å². The maximum Gasteiger partial charge on any atom is 0.338 e. The van der Waals surface area contributed by atoms with E-state index in [4.69, 9.17) is 10.5 Å². The van der Waals surface area contributed by atoms with Crippen LogP contribution in [-0.2, 0) is 9.53 Å². The third kappa shape index (κ3) is 5.09. The van der Waals surface area contributed by atoms with Gasteiger partial charge in [-0.05, 0) is 54.0 Å². The fraction of sp³-hybridized carbons (Fsp3) is 0.323. The highest BCUT2D eigenvalue weighted by molar-refractivity contribution is 7.07. The Hall–Kier alpha value is -3.89. The van der Waals surface area contributed by atoms with Crippen molar-refractivity contribution in [3.8, 4) is 6.07 Å². The summed E-state index contributed by atoms with van der Waals surface area (Å²) in [6, 6.07) is 18.0. The molecule has 1 aromatic heterocycles. The van der Waals surface area contributed by atoms with E-state index in [-0.39, 0.29) is 28.6 Å². The van der Waals surface area contributed by atoms with E-state index >= 15 is 0 Å². The van der Waals surface area contributed by atoms with E-state index in [1.165, 1.54) is 21.5 Å². The van der Waals surface area contributed by atoms with Crippen molar-refractivity contribution in [3.05, 3.63) is 95.9 Å². The molecule has 196 valence electrons. The number of nitrogens with two attached hydrogens (primary N) is 1. The Balaban J connectivity index is 2.01. The molecule has 0 bridgehead atoms. The summed E-state index contributed by atoms with van der Waals surface area (Å²) in [6.45, 7) is 12.0. The van der Waals surface area contributed by atoms with Crippen LogP contribution in [0.3, 0.4) is 0 Å². The van der Waals surface area contributed by atoms with E-state index in [9.17, 15) is 14.9 Å². The topological polar surface area (TPSA) is 98.1 Å². The predicted molar refractivity (Wildman–Crippen MR) is 153 cm³/mol. The first-order valence-electron chi connectivity index (χ1n) is 12.8. The molecule has 0 saturated heterocycles. The Bertz CT molecular complexity index is 1610. The van der Waals surface area contributed by atoms with Crippen LogP contribution in [0.2, 0.25) is 0 Å². The zero-order valence-electron chi connectivity index (χ0n) is 22.6. The van der Waals surface area contributed by atoms with E-state index in [0.29, 0.717) is 21.0 Å². The number of nitriles is 1. The van der Waals surface area contributed by atoms with Gasteiger partial charge >= 0.3 is 5.97 Å². The van der Waals surface area contributed by atoms with Crippen molar-refractivity contribution in [1.29, 1.82) is 5.26 Å². The van der Waals surface area contributed by atoms with Crippen LogP contribution in [-0.4, -0.2) is 16.6 Å². The third-order valence-electron chi connectivity index (χ3n) is 6.67. The van der Waals surface area contributed by atoms with Gasteiger partial charge in [-0.2, -0.15) is 5.26 Å². The number of rotatable bonds is 6. The molecular formula is C31H33N3O3S. The maximum atomic E-state index is 13.6. The van der Waals surface area contributed by atoms with Crippen LogP contribution in [0.5, 0.6) is 0 Å². The number of carbonyl (C=O) groups is 1. The number of hydrogen-bond acceptors (Lipinski definition) is 6. The number of allylic oxidation sites excluding steroid dienone is 1. The molecule has 4 rings (SSSR count). The molecule has 1 aliphatic heterocycles. The van der Waals surface area contributed by atoms with Crippen LogP contribution < -0.4 is 20.5 Å². The fourth-order valence-corrected chi connectivity index (χ4v) is 5.72. The lowest BCUT2D eigenvalue weighted by atomic mass is 9.83. The van der Waals surface area contributed by atoms with Gasteiger partial charge in [0.05, 0.1) is 33.8 Å². The van der Waals surface area contributed by atoms with Crippen molar-refractivity contribution in [2.24, 2.45) is 5.73 Å². The van der Waals surface area contributed by atoms with Gasteiger partial charge in [0, 0.05) is 0 Å². The zero-order chi connectivity index (χ0) is 27.7. The Labute approximate surface area is 227 Å². The summed E-state index contributed by atoms with van der Waals surface area (Å²) in [5.41, 5.74) is 10.5. The minimum atomic E-state index is -0.747. The summed E-state index contributed by atoms with van der Waals surface area (Å²) in [5, 5.41) is 10.2. The van der Waals surface area contributed by atoms with Crippen molar-refractivity contribution in [2.45, 2.75) is 65.4 Å². The number of benzene rings is 2. The minimum absolute atomic E-state index is 0.0394. The molecule has 0 fully saturated rings. The van der Waals surface area contributed by atoms with Crippen LogP contribution >= 0.6 is 11.3 Å². The maximum absolute atomic E-state index is 13.6. The largest absolute Gasteiger partial charge is 0.460 e. The highest BCUT2D eigenvalue weighted by Crippen LogP contribution is 2.37. The standard InChI is InChI=1S/C31H33N3O3S/c1-17(2)21-9-7-20(8-10-21)15-25-29(35)34-28(33)24(16-32)26(23-13-11-22(12-14-23)18(3)4)27(30(34)38-25)31(36)37-19(5)6/h7-15,17-19,26H,33H2,1-6H3/t26-/m1/s1. The molecule has 0 radical (unpaired) electrons. The molecule has 7 heteroatoms. The van der Waals surface area contributed by atoms with E-state index in [1.807, 2.05) is 48.5 Å². The second-order valence-corrected chi connectivity index (χ2v) is 11.4. The molecular weight excluding hydrogens is 494 g/mol. The number of aromatic nitrogens is 1. The molecule has 0 unspecified atom stereocenters. The summed E-state index contributed by atoms with van der Waals surface area (Å²) in [5.74, 6) is -0.549. The van der Waals surface area contributed by atoms with Crippen LogP contribution in [0.15, 0.2) is 58.9 Å². The lowest BCUT2D eigenvalue weighted by Gasteiger charge is -2.25. The Kier molecular flexibility index (Phi) is 7.75. The van der Waals surface area contributed by atoms with E-state index in [0.717, 1.165) is 16.7 Å². The zero-order valence-corrected chi connectivity index (χ0v) is 23.4. The van der Waals surface area contributed by atoms with E-state index in [1.54, 1.807) is 19.9 Å². The van der Waals surface area contributed by atoms with Crippen LogP contribution in [0.25, 0.3) is 17.5 Å². The minimum Gasteiger partial charge on any atom is -0.460 e. The molecule has 6 nitrogen and oxygen atoms in total. The van der Waals surface area contributed by atoms with Gasteiger partial charge in [-0.15, -0.1) is 11.3 Å². The molecule has 2 N–H and O–H groups in total. The first-order chi connectivity index (χ1) is 18.0. The summed E-state index contributed by atoms with van der Waals surface area (Å²) < 4.78 is 7.72. The van der Waals surface area contributed by atoms with Gasteiger partial charge in [-0.25, -0.2) is 4.79 Å². The molecule has 0 aliphatic carbocycles. The van der Waals surface area contributed by atoms with E-state index < -0.39 is 11.9 Å². The van der Waals surface area contributed by atoms with Crippen molar-refractivity contribution >= 4 is 34.8 Å². The molecule has 2 heterocycles. The SMILES string of the molecule is CC(C)OC(=O)C1=c2sc(=Cc3ccc(C(C)C)cc3)c(=O)n2C(N)=C(C#N)[C@H]1c1ccc(C(C)C)cc1. The molecule has 38 heavy (non-hydrogen) atoms. The summed E-state index contributed by atoms with van der Waals surface area (Å²) in [6.07, 6.45) is 1.41. The summed E-state index contributed by atoms with van der Waals surface area (Å²) >= 11 is 1.19. The van der Waals surface area contributed by atoms with Crippen LogP contribution in [0, 0.1) is 11.3 Å². The molecule has 3 aromatic rings. The highest BCUT2D eigenvalue weighted by atomic mass is 32.1. The number of hydrogen-bond donors (Lipinski definition) is 1. The fourth-order valence-electron chi connectivity index (χ4n) is 4.56. The first-order valence-corrected chi connectivity index (χ1v) is 13.6. The molecule has 0 amide bonds. The van der Waals surface area contributed by atoms with Crippen LogP contribution in [0.1, 0.15) is 81.5 Å². The average Bonchev–Trinajstić information content (AvgIpc) is 3.19. The number of ether oxygens (including phenoxy) is 1. The number of nitrogens with zero attached hydrogens (tertiary/aromatic N) is 2. The first kappa shape index (κ1) is 27.2. The Morgan fingerprint density at radius 2 is 1.55 bits per heavy atom. The smallest absolute Gasteiger partial charge is 0.338 e. The molecule has 0 spiro atoms. The van der Waals surface area contributed by atoms with Crippen molar-refractivity contribution in [1.82, 2.24) is 4.57 Å².